The second-order valence-electron chi connectivity index (χ2n) is 8.29. The van der Waals surface area contributed by atoms with E-state index in [0.717, 1.165) is 33.7 Å². The van der Waals surface area contributed by atoms with Gasteiger partial charge in [0.15, 0.2) is 0 Å². The van der Waals surface area contributed by atoms with Crippen LogP contribution in [0.3, 0.4) is 0 Å². The van der Waals surface area contributed by atoms with Gasteiger partial charge in [-0.3, -0.25) is 0 Å². The van der Waals surface area contributed by atoms with Gasteiger partial charge in [-0.25, -0.2) is 0 Å². The van der Waals surface area contributed by atoms with Crippen molar-refractivity contribution in [2.75, 3.05) is 19.7 Å². The zero-order valence-electron chi connectivity index (χ0n) is 18.9. The molecule has 0 saturated carbocycles. The standard InChI is InChI=1S/C29H28N2O3/c32-29(22-10-12-23(13-11-22)34-20-21-6-2-1-3-7-21)19-30-16-17-33-24-14-15-26-25-8-4-5-9-27(25)31-28(26)18-24/h1-15,18,29-32H,16-17,19-20H2. The van der Waals surface area contributed by atoms with E-state index in [9.17, 15) is 5.11 Å². The highest BCUT2D eigenvalue weighted by Crippen LogP contribution is 2.28. The maximum absolute atomic E-state index is 10.5. The molecule has 0 bridgehead atoms. The van der Waals surface area contributed by atoms with Crippen LogP contribution < -0.4 is 14.8 Å². The average molecular weight is 453 g/mol. The summed E-state index contributed by atoms with van der Waals surface area (Å²) in [6.45, 7) is 2.14. The normalized spacial score (nSPS) is 12.1. The van der Waals surface area contributed by atoms with Crippen molar-refractivity contribution in [3.63, 3.8) is 0 Å². The van der Waals surface area contributed by atoms with Gasteiger partial charge in [0, 0.05) is 35.4 Å². The van der Waals surface area contributed by atoms with Gasteiger partial charge in [0.25, 0.3) is 0 Å². The number of para-hydroxylation sites is 1. The zero-order valence-corrected chi connectivity index (χ0v) is 18.9. The molecule has 1 atom stereocenters. The molecule has 3 N–H and O–H groups in total. The Labute approximate surface area is 199 Å². The minimum absolute atomic E-state index is 0.453. The van der Waals surface area contributed by atoms with Crippen molar-refractivity contribution >= 4 is 21.8 Å². The van der Waals surface area contributed by atoms with Gasteiger partial charge < -0.3 is 24.9 Å². The van der Waals surface area contributed by atoms with Crippen LogP contribution in [0.2, 0.25) is 0 Å². The molecule has 0 saturated heterocycles. The van der Waals surface area contributed by atoms with Crippen LogP contribution in [-0.4, -0.2) is 29.8 Å². The average Bonchev–Trinajstić information content (AvgIpc) is 3.26. The molecule has 5 nitrogen and oxygen atoms in total. The number of rotatable bonds is 10. The van der Waals surface area contributed by atoms with Gasteiger partial charge in [-0.05, 0) is 41.5 Å². The van der Waals surface area contributed by atoms with Crippen LogP contribution in [0.5, 0.6) is 11.5 Å². The molecule has 5 heteroatoms. The van der Waals surface area contributed by atoms with Gasteiger partial charge in [0.1, 0.15) is 24.7 Å². The van der Waals surface area contributed by atoms with Crippen molar-refractivity contribution in [2.24, 2.45) is 0 Å². The van der Waals surface area contributed by atoms with E-state index in [4.69, 9.17) is 9.47 Å². The summed E-state index contributed by atoms with van der Waals surface area (Å²) in [6.07, 6.45) is -0.592. The van der Waals surface area contributed by atoms with E-state index in [-0.39, 0.29) is 0 Å². The maximum Gasteiger partial charge on any atom is 0.121 e. The summed E-state index contributed by atoms with van der Waals surface area (Å²) in [5.41, 5.74) is 4.17. The third-order valence-electron chi connectivity index (χ3n) is 5.88. The van der Waals surface area contributed by atoms with Gasteiger partial charge >= 0.3 is 0 Å². The minimum atomic E-state index is -0.592. The van der Waals surface area contributed by atoms with E-state index < -0.39 is 6.10 Å². The maximum atomic E-state index is 10.5. The Kier molecular flexibility index (Phi) is 6.75. The molecule has 1 heterocycles. The third kappa shape index (κ3) is 5.22. The second-order valence-corrected chi connectivity index (χ2v) is 8.29. The Morgan fingerprint density at radius 1 is 0.735 bits per heavy atom. The number of ether oxygens (including phenoxy) is 2. The molecule has 172 valence electrons. The van der Waals surface area contributed by atoms with Crippen molar-refractivity contribution in [3.05, 3.63) is 108 Å². The van der Waals surface area contributed by atoms with Gasteiger partial charge in [-0.1, -0.05) is 60.7 Å². The fourth-order valence-electron chi connectivity index (χ4n) is 4.05. The molecule has 0 aliphatic rings. The summed E-state index contributed by atoms with van der Waals surface area (Å²) in [5, 5.41) is 16.1. The fraction of sp³-hybridized carbons (Fsp3) is 0.172. The first kappa shape index (κ1) is 22.0. The summed E-state index contributed by atoms with van der Waals surface area (Å²) in [5.74, 6) is 1.61. The molecule has 0 aliphatic heterocycles. The number of aliphatic hydroxyl groups excluding tert-OH is 1. The molecule has 0 amide bonds. The molecule has 0 spiro atoms. The van der Waals surface area contributed by atoms with Gasteiger partial charge in [-0.15, -0.1) is 0 Å². The fourth-order valence-corrected chi connectivity index (χ4v) is 4.05. The van der Waals surface area contributed by atoms with Crippen molar-refractivity contribution in [2.45, 2.75) is 12.7 Å². The monoisotopic (exact) mass is 452 g/mol. The number of H-pyrrole nitrogens is 1. The summed E-state index contributed by atoms with van der Waals surface area (Å²) < 4.78 is 11.7. The van der Waals surface area contributed by atoms with Crippen molar-refractivity contribution in [1.82, 2.24) is 10.3 Å². The highest BCUT2D eigenvalue weighted by molar-refractivity contribution is 6.07. The quantitative estimate of drug-likeness (QED) is 0.241. The lowest BCUT2D eigenvalue weighted by molar-refractivity contribution is 0.172. The number of fused-ring (bicyclic) bond motifs is 3. The zero-order chi connectivity index (χ0) is 23.2. The molecule has 0 aliphatic carbocycles. The van der Waals surface area contributed by atoms with Crippen molar-refractivity contribution in [1.29, 1.82) is 0 Å². The van der Waals surface area contributed by atoms with Crippen LogP contribution in [0.4, 0.5) is 0 Å². The molecule has 0 fully saturated rings. The first-order chi connectivity index (χ1) is 16.8. The molecular formula is C29H28N2O3. The van der Waals surface area contributed by atoms with Crippen molar-refractivity contribution in [3.8, 4) is 11.5 Å². The predicted octanol–water partition coefficient (Wildman–Crippen LogP) is 5.60. The van der Waals surface area contributed by atoms with E-state index in [1.807, 2.05) is 78.9 Å². The van der Waals surface area contributed by atoms with E-state index in [1.54, 1.807) is 0 Å². The van der Waals surface area contributed by atoms with E-state index in [0.29, 0.717) is 26.3 Å². The summed E-state index contributed by atoms with van der Waals surface area (Å²) in [7, 11) is 0. The second kappa shape index (κ2) is 10.4. The van der Waals surface area contributed by atoms with E-state index >= 15 is 0 Å². The third-order valence-corrected chi connectivity index (χ3v) is 5.88. The lowest BCUT2D eigenvalue weighted by Crippen LogP contribution is -2.26. The summed E-state index contributed by atoms with van der Waals surface area (Å²) in [4.78, 5) is 3.44. The smallest absolute Gasteiger partial charge is 0.121 e. The minimum Gasteiger partial charge on any atom is -0.492 e. The number of aliphatic hydroxyl groups is 1. The number of hydrogen-bond acceptors (Lipinski definition) is 4. The van der Waals surface area contributed by atoms with Gasteiger partial charge in [-0.2, -0.15) is 0 Å². The highest BCUT2D eigenvalue weighted by Gasteiger charge is 2.08. The number of hydrogen-bond donors (Lipinski definition) is 3. The van der Waals surface area contributed by atoms with Crippen LogP contribution >= 0.6 is 0 Å². The Morgan fingerprint density at radius 3 is 2.32 bits per heavy atom. The first-order valence-corrected chi connectivity index (χ1v) is 11.5. The number of aromatic nitrogens is 1. The SMILES string of the molecule is OC(CNCCOc1ccc2c(c1)[nH]c1ccccc12)c1ccc(OCc2ccccc2)cc1. The van der Waals surface area contributed by atoms with E-state index in [1.165, 1.54) is 10.8 Å². The van der Waals surface area contributed by atoms with Crippen LogP contribution in [-0.2, 0) is 6.61 Å². The molecule has 1 aromatic heterocycles. The topological polar surface area (TPSA) is 66.5 Å². The molecule has 5 rings (SSSR count). The molecule has 0 radical (unpaired) electrons. The summed E-state index contributed by atoms with van der Waals surface area (Å²) >= 11 is 0. The molecule has 1 unspecified atom stereocenters. The van der Waals surface area contributed by atoms with Crippen molar-refractivity contribution < 1.29 is 14.6 Å². The Hall–Kier alpha value is -3.80. The summed E-state index contributed by atoms with van der Waals surface area (Å²) in [6, 6.07) is 32.1. The number of benzene rings is 4. The van der Waals surface area contributed by atoms with Gasteiger partial charge in [0.05, 0.1) is 11.6 Å². The first-order valence-electron chi connectivity index (χ1n) is 11.5. The van der Waals surface area contributed by atoms with Gasteiger partial charge in [0.2, 0.25) is 0 Å². The van der Waals surface area contributed by atoms with Crippen LogP contribution in [0.15, 0.2) is 97.1 Å². The van der Waals surface area contributed by atoms with Crippen LogP contribution in [0.25, 0.3) is 21.8 Å². The Bertz CT molecular complexity index is 1350. The predicted molar refractivity (Wildman–Crippen MR) is 136 cm³/mol. The Balaban J connectivity index is 1.06. The largest absolute Gasteiger partial charge is 0.492 e. The van der Waals surface area contributed by atoms with Crippen LogP contribution in [0.1, 0.15) is 17.2 Å². The number of aromatic amines is 1. The molecule has 5 aromatic rings. The number of nitrogens with one attached hydrogen (secondary N) is 2. The molecule has 4 aromatic carbocycles. The van der Waals surface area contributed by atoms with Crippen LogP contribution in [0, 0.1) is 0 Å². The Morgan fingerprint density at radius 2 is 1.47 bits per heavy atom. The molecular weight excluding hydrogens is 424 g/mol. The lowest BCUT2D eigenvalue weighted by atomic mass is 10.1. The van der Waals surface area contributed by atoms with E-state index in [2.05, 4.69) is 28.5 Å². The lowest BCUT2D eigenvalue weighted by Gasteiger charge is -2.14. The highest BCUT2D eigenvalue weighted by atomic mass is 16.5. The molecule has 34 heavy (non-hydrogen) atoms.